The second-order valence-electron chi connectivity index (χ2n) is 8.44. The molecule has 0 saturated carbocycles. The molecule has 3 aliphatic heterocycles. The summed E-state index contributed by atoms with van der Waals surface area (Å²) in [6.45, 7) is 7.02. The summed E-state index contributed by atoms with van der Waals surface area (Å²) >= 11 is 0. The van der Waals surface area contributed by atoms with Crippen LogP contribution in [0.15, 0.2) is 41.4 Å². The molecule has 4 nitrogen and oxygen atoms in total. The highest BCUT2D eigenvalue weighted by Crippen LogP contribution is 2.28. The summed E-state index contributed by atoms with van der Waals surface area (Å²) in [4.78, 5) is 4.78. The molecular formula is C22H26N2O2. The first-order valence-corrected chi connectivity index (χ1v) is 9.45. The highest BCUT2D eigenvalue weighted by Gasteiger charge is 2.35. The zero-order valence-corrected chi connectivity index (χ0v) is 15.8. The Bertz CT molecular complexity index is 848. The molecule has 4 heterocycles. The van der Waals surface area contributed by atoms with E-state index in [1.165, 1.54) is 11.1 Å². The highest BCUT2D eigenvalue weighted by atomic mass is 16.5. The minimum Gasteiger partial charge on any atom is -0.618 e. The van der Waals surface area contributed by atoms with Crippen molar-refractivity contribution in [3.63, 3.8) is 0 Å². The average molecular weight is 350 g/mol. The van der Waals surface area contributed by atoms with Gasteiger partial charge in [0.25, 0.3) is 11.6 Å². The Hall–Kier alpha value is -2.36. The van der Waals surface area contributed by atoms with Crippen molar-refractivity contribution in [2.45, 2.75) is 52.5 Å². The number of pyridine rings is 1. The van der Waals surface area contributed by atoms with Crippen LogP contribution in [-0.4, -0.2) is 18.5 Å². The zero-order chi connectivity index (χ0) is 18.3. The number of hydrogen-bond acceptors (Lipinski definition) is 3. The minimum atomic E-state index is 0.0231. The fourth-order valence-electron chi connectivity index (χ4n) is 3.60. The van der Waals surface area contributed by atoms with E-state index in [-0.39, 0.29) is 11.5 Å². The largest absolute Gasteiger partial charge is 0.618 e. The third-order valence-corrected chi connectivity index (χ3v) is 5.47. The van der Waals surface area contributed by atoms with Crippen LogP contribution in [-0.2, 0) is 30.4 Å². The molecule has 1 aromatic heterocycles. The van der Waals surface area contributed by atoms with Crippen LogP contribution in [0.5, 0.6) is 0 Å². The van der Waals surface area contributed by atoms with E-state index in [1.54, 1.807) is 0 Å². The predicted octanol–water partition coefficient (Wildman–Crippen LogP) is 3.40. The zero-order valence-electron chi connectivity index (χ0n) is 15.8. The third kappa shape index (κ3) is 3.20. The molecule has 0 amide bonds. The van der Waals surface area contributed by atoms with Crippen LogP contribution >= 0.6 is 0 Å². The van der Waals surface area contributed by atoms with Crippen molar-refractivity contribution in [3.05, 3.63) is 69.7 Å². The van der Waals surface area contributed by atoms with Gasteiger partial charge >= 0.3 is 0 Å². The summed E-state index contributed by atoms with van der Waals surface area (Å²) in [6, 6.07) is 12.9. The lowest BCUT2D eigenvalue weighted by Crippen LogP contribution is -2.41. The smallest absolute Gasteiger partial charge is 0.285 e. The van der Waals surface area contributed by atoms with Crippen molar-refractivity contribution in [1.82, 2.24) is 0 Å². The van der Waals surface area contributed by atoms with Gasteiger partial charge in [0.05, 0.1) is 6.04 Å². The van der Waals surface area contributed by atoms with Gasteiger partial charge in [-0.1, -0.05) is 45.0 Å². The van der Waals surface area contributed by atoms with E-state index in [2.05, 4.69) is 51.1 Å². The third-order valence-electron chi connectivity index (χ3n) is 5.47. The number of ether oxygens (including phenoxy) is 1. The maximum absolute atomic E-state index is 13.1. The van der Waals surface area contributed by atoms with Crippen molar-refractivity contribution >= 4 is 5.90 Å². The first-order valence-electron chi connectivity index (χ1n) is 9.45. The van der Waals surface area contributed by atoms with Gasteiger partial charge in [-0.05, 0) is 41.9 Å². The Morgan fingerprint density at radius 3 is 2.23 bits per heavy atom. The summed E-state index contributed by atoms with van der Waals surface area (Å²) in [5.74, 6) is 0.516. The van der Waals surface area contributed by atoms with Crippen LogP contribution < -0.4 is 4.73 Å². The van der Waals surface area contributed by atoms with Gasteiger partial charge < -0.3 is 9.94 Å². The second-order valence-corrected chi connectivity index (χ2v) is 8.44. The first-order chi connectivity index (χ1) is 12.4. The maximum atomic E-state index is 13.1. The molecule has 2 aliphatic carbocycles. The quantitative estimate of drug-likeness (QED) is 0.585. The van der Waals surface area contributed by atoms with E-state index in [0.29, 0.717) is 24.6 Å². The van der Waals surface area contributed by atoms with Crippen LogP contribution in [0.2, 0.25) is 0 Å². The molecule has 0 N–H and O–H groups in total. The standard InChI is InChI=1S/C22H26N2O2/c1-22(2,3)19-14-26-21(23-19)20-17-10-8-15-4-6-16(7-5-15)9-12-18(13-11-17)24(20)25/h4-7,11,13,19H,8-10,12,14H2,1-3H3/t19-/m1/s1. The highest BCUT2D eigenvalue weighted by molar-refractivity contribution is 5.93. The number of rotatable bonds is 1. The number of aromatic nitrogens is 1. The van der Waals surface area contributed by atoms with E-state index in [9.17, 15) is 5.21 Å². The van der Waals surface area contributed by atoms with Crippen LogP contribution in [0.25, 0.3) is 0 Å². The molecule has 5 aliphatic rings. The molecule has 136 valence electrons. The molecule has 2 aromatic rings. The molecule has 0 spiro atoms. The normalized spacial score (nSPS) is 19.7. The molecule has 26 heavy (non-hydrogen) atoms. The van der Waals surface area contributed by atoms with Gasteiger partial charge in [-0.25, -0.2) is 4.99 Å². The molecule has 1 atom stereocenters. The van der Waals surface area contributed by atoms with Gasteiger partial charge in [-0.15, -0.1) is 0 Å². The predicted molar refractivity (Wildman–Crippen MR) is 102 cm³/mol. The van der Waals surface area contributed by atoms with Crippen molar-refractivity contribution in [2.75, 3.05) is 6.61 Å². The summed E-state index contributed by atoms with van der Waals surface area (Å²) in [5, 5.41) is 13.1. The van der Waals surface area contributed by atoms with Gasteiger partial charge in [0, 0.05) is 18.1 Å². The molecular weight excluding hydrogens is 324 g/mol. The Balaban J connectivity index is 1.76. The van der Waals surface area contributed by atoms with Crippen molar-refractivity contribution in [2.24, 2.45) is 10.4 Å². The minimum absolute atomic E-state index is 0.0231. The molecule has 7 rings (SSSR count). The topological polar surface area (TPSA) is 48.5 Å². The number of aryl methyl sites for hydroxylation is 4. The molecule has 0 saturated heterocycles. The maximum Gasteiger partial charge on any atom is 0.285 e. The van der Waals surface area contributed by atoms with Crippen molar-refractivity contribution in [3.8, 4) is 0 Å². The van der Waals surface area contributed by atoms with Crippen LogP contribution in [0.3, 0.4) is 0 Å². The molecule has 4 heteroatoms. The second kappa shape index (κ2) is 6.42. The molecule has 0 fully saturated rings. The summed E-state index contributed by atoms with van der Waals surface area (Å²) in [7, 11) is 0. The van der Waals surface area contributed by atoms with Gasteiger partial charge in [0.1, 0.15) is 6.61 Å². The molecule has 1 aromatic carbocycles. The van der Waals surface area contributed by atoms with Crippen LogP contribution in [0.4, 0.5) is 0 Å². The molecule has 0 unspecified atom stereocenters. The Morgan fingerprint density at radius 2 is 1.62 bits per heavy atom. The fraction of sp³-hybridized carbons (Fsp3) is 0.455. The molecule has 0 radical (unpaired) electrons. The van der Waals surface area contributed by atoms with Gasteiger partial charge in [0.15, 0.2) is 5.69 Å². The van der Waals surface area contributed by atoms with Gasteiger partial charge in [-0.3, -0.25) is 0 Å². The average Bonchev–Trinajstić information content (AvgIpc) is 3.08. The van der Waals surface area contributed by atoms with Crippen molar-refractivity contribution < 1.29 is 9.47 Å². The van der Waals surface area contributed by atoms with Crippen LogP contribution in [0, 0.1) is 10.6 Å². The van der Waals surface area contributed by atoms with Gasteiger partial charge in [-0.2, -0.15) is 4.73 Å². The Kier molecular flexibility index (Phi) is 4.22. The molecule has 4 bridgehead atoms. The lowest BCUT2D eigenvalue weighted by molar-refractivity contribution is -0.616. The van der Waals surface area contributed by atoms with Crippen molar-refractivity contribution in [1.29, 1.82) is 0 Å². The first kappa shape index (κ1) is 17.1. The lowest BCUT2D eigenvalue weighted by Gasteiger charge is -2.21. The van der Waals surface area contributed by atoms with E-state index >= 15 is 0 Å². The van der Waals surface area contributed by atoms with E-state index in [0.717, 1.165) is 35.3 Å². The van der Waals surface area contributed by atoms with E-state index in [1.807, 2.05) is 6.07 Å². The summed E-state index contributed by atoms with van der Waals surface area (Å²) < 4.78 is 6.97. The van der Waals surface area contributed by atoms with E-state index in [4.69, 9.17) is 9.73 Å². The van der Waals surface area contributed by atoms with Gasteiger partial charge in [0.2, 0.25) is 0 Å². The van der Waals surface area contributed by atoms with E-state index < -0.39 is 0 Å². The Labute approximate surface area is 155 Å². The Morgan fingerprint density at radius 1 is 0.962 bits per heavy atom. The monoisotopic (exact) mass is 350 g/mol. The number of aliphatic imine (C=N–C) groups is 1. The number of benzene rings is 1. The summed E-state index contributed by atoms with van der Waals surface area (Å²) in [6.07, 6.45) is 3.29. The summed E-state index contributed by atoms with van der Waals surface area (Å²) in [5.41, 5.74) is 4.99. The fourth-order valence-corrected chi connectivity index (χ4v) is 3.60. The number of hydrogen-bond donors (Lipinski definition) is 0. The SMILES string of the molecule is CC(C)(C)[C@H]1COC(c2c3ccc([n+]2[O-])CCc2ccc(cc2)CC3)=N1. The lowest BCUT2D eigenvalue weighted by atomic mass is 9.88. The number of nitrogens with zero attached hydrogens (tertiary/aromatic N) is 2. The van der Waals surface area contributed by atoms with Crippen LogP contribution in [0.1, 0.15) is 48.8 Å².